The zero-order chi connectivity index (χ0) is 15.7. The van der Waals surface area contributed by atoms with Crippen LogP contribution in [-0.4, -0.2) is 29.9 Å². The number of rotatable bonds is 9. The first-order chi connectivity index (χ1) is 10.1. The van der Waals surface area contributed by atoms with Crippen LogP contribution in [0, 0.1) is 0 Å². The maximum atomic E-state index is 11.7. The zero-order valence-corrected chi connectivity index (χ0v) is 13.1. The molecule has 3 N–H and O–H groups in total. The van der Waals surface area contributed by atoms with Gasteiger partial charge in [-0.05, 0) is 30.6 Å². The molecule has 1 atom stereocenters. The minimum atomic E-state index is -0.510. The summed E-state index contributed by atoms with van der Waals surface area (Å²) in [5, 5.41) is 2.84. The van der Waals surface area contributed by atoms with Crippen molar-refractivity contribution in [3.05, 3.63) is 48.0 Å². The molecule has 116 valence electrons. The number of benzene rings is 1. The lowest BCUT2D eigenvalue weighted by Gasteiger charge is -2.18. The summed E-state index contributed by atoms with van der Waals surface area (Å²) in [5.41, 5.74) is 8.08. The summed E-state index contributed by atoms with van der Waals surface area (Å²) < 4.78 is 0. The highest BCUT2D eigenvalue weighted by Gasteiger charge is 2.10. The Morgan fingerprint density at radius 2 is 1.86 bits per heavy atom. The average Bonchev–Trinajstić information content (AvgIpc) is 2.51. The Bertz CT molecular complexity index is 438. The van der Waals surface area contributed by atoms with Crippen molar-refractivity contribution in [2.24, 2.45) is 5.73 Å². The van der Waals surface area contributed by atoms with Crippen molar-refractivity contribution in [2.45, 2.75) is 39.4 Å². The van der Waals surface area contributed by atoms with E-state index in [4.69, 9.17) is 5.73 Å². The van der Waals surface area contributed by atoms with Crippen LogP contribution in [0.25, 0.3) is 0 Å². The number of nitrogens with one attached hydrogen (secondary N) is 1. The molecule has 4 heteroatoms. The van der Waals surface area contributed by atoms with Crippen molar-refractivity contribution in [3.63, 3.8) is 0 Å². The third kappa shape index (κ3) is 6.10. The van der Waals surface area contributed by atoms with E-state index in [-0.39, 0.29) is 5.91 Å². The van der Waals surface area contributed by atoms with Gasteiger partial charge in [-0.25, -0.2) is 0 Å². The normalized spacial score (nSPS) is 12.2. The van der Waals surface area contributed by atoms with Crippen LogP contribution in [-0.2, 0) is 17.9 Å². The van der Waals surface area contributed by atoms with Gasteiger partial charge in [-0.3, -0.25) is 9.69 Å². The highest BCUT2D eigenvalue weighted by Crippen LogP contribution is 2.07. The van der Waals surface area contributed by atoms with E-state index in [0.717, 1.165) is 25.2 Å². The fourth-order valence-electron chi connectivity index (χ4n) is 2.07. The molecule has 0 spiro atoms. The van der Waals surface area contributed by atoms with Crippen LogP contribution in [0.1, 0.15) is 31.4 Å². The molecule has 0 heterocycles. The molecule has 21 heavy (non-hydrogen) atoms. The standard InChI is InChI=1S/C17H27N3O/c1-4-7-16(18)17(21)19-12-14-8-10-15(11-9-14)13-20(5-2)6-3/h4,8-11,16H,1,5-7,12-13,18H2,2-3H3,(H,19,21). The predicted molar refractivity (Wildman–Crippen MR) is 87.7 cm³/mol. The molecule has 0 saturated carbocycles. The van der Waals surface area contributed by atoms with E-state index in [1.54, 1.807) is 6.08 Å². The number of carbonyl (C=O) groups excluding carboxylic acids is 1. The summed E-state index contributed by atoms with van der Waals surface area (Å²) >= 11 is 0. The third-order valence-corrected chi connectivity index (χ3v) is 3.55. The molecule has 1 aromatic rings. The Morgan fingerprint density at radius 1 is 1.29 bits per heavy atom. The first-order valence-corrected chi connectivity index (χ1v) is 7.55. The largest absolute Gasteiger partial charge is 0.351 e. The second-order valence-electron chi connectivity index (χ2n) is 5.13. The summed E-state index contributed by atoms with van der Waals surface area (Å²) in [5.74, 6) is -0.137. The quantitative estimate of drug-likeness (QED) is 0.684. The first-order valence-electron chi connectivity index (χ1n) is 7.55. The molecule has 0 radical (unpaired) electrons. The van der Waals surface area contributed by atoms with E-state index in [1.807, 2.05) is 0 Å². The van der Waals surface area contributed by atoms with Gasteiger partial charge in [0.15, 0.2) is 0 Å². The Morgan fingerprint density at radius 3 is 2.38 bits per heavy atom. The summed E-state index contributed by atoms with van der Waals surface area (Å²) in [4.78, 5) is 14.1. The van der Waals surface area contributed by atoms with Crippen LogP contribution in [0.2, 0.25) is 0 Å². The number of hydrogen-bond donors (Lipinski definition) is 2. The van der Waals surface area contributed by atoms with Gasteiger partial charge in [0.1, 0.15) is 0 Å². The van der Waals surface area contributed by atoms with Crippen molar-refractivity contribution in [3.8, 4) is 0 Å². The van der Waals surface area contributed by atoms with Crippen molar-refractivity contribution in [1.29, 1.82) is 0 Å². The van der Waals surface area contributed by atoms with Crippen LogP contribution in [0.3, 0.4) is 0 Å². The van der Waals surface area contributed by atoms with E-state index >= 15 is 0 Å². The lowest BCUT2D eigenvalue weighted by atomic mass is 10.1. The maximum absolute atomic E-state index is 11.7. The van der Waals surface area contributed by atoms with Crippen molar-refractivity contribution in [2.75, 3.05) is 13.1 Å². The van der Waals surface area contributed by atoms with E-state index in [1.165, 1.54) is 5.56 Å². The molecule has 0 aliphatic rings. The molecule has 1 aromatic carbocycles. The highest BCUT2D eigenvalue weighted by atomic mass is 16.2. The minimum absolute atomic E-state index is 0.137. The molecule has 0 aliphatic heterocycles. The van der Waals surface area contributed by atoms with E-state index in [2.05, 4.69) is 54.9 Å². The number of hydrogen-bond acceptors (Lipinski definition) is 3. The summed E-state index contributed by atoms with van der Waals surface area (Å²) in [6.45, 7) is 11.5. The van der Waals surface area contributed by atoms with Gasteiger partial charge in [0.2, 0.25) is 5.91 Å². The van der Waals surface area contributed by atoms with Crippen LogP contribution < -0.4 is 11.1 Å². The minimum Gasteiger partial charge on any atom is -0.351 e. The summed E-state index contributed by atoms with van der Waals surface area (Å²) in [6, 6.07) is 7.83. The van der Waals surface area contributed by atoms with Gasteiger partial charge < -0.3 is 11.1 Å². The third-order valence-electron chi connectivity index (χ3n) is 3.55. The van der Waals surface area contributed by atoms with Gasteiger partial charge in [-0.15, -0.1) is 6.58 Å². The molecule has 0 saturated heterocycles. The van der Waals surface area contributed by atoms with E-state index in [9.17, 15) is 4.79 Å². The number of carbonyl (C=O) groups is 1. The van der Waals surface area contributed by atoms with Crippen LogP contribution >= 0.6 is 0 Å². The molecular formula is C17H27N3O. The first kappa shape index (κ1) is 17.4. The van der Waals surface area contributed by atoms with E-state index in [0.29, 0.717) is 13.0 Å². The lowest BCUT2D eigenvalue weighted by Crippen LogP contribution is -2.39. The molecule has 0 fully saturated rings. The number of nitrogens with two attached hydrogens (primary N) is 1. The second kappa shape index (κ2) is 9.32. The Kier molecular flexibility index (Phi) is 7.72. The molecule has 0 aliphatic carbocycles. The maximum Gasteiger partial charge on any atom is 0.237 e. The molecule has 1 unspecified atom stereocenters. The Hall–Kier alpha value is -1.65. The van der Waals surface area contributed by atoms with Gasteiger partial charge in [-0.2, -0.15) is 0 Å². The van der Waals surface area contributed by atoms with E-state index < -0.39 is 6.04 Å². The fourth-order valence-corrected chi connectivity index (χ4v) is 2.07. The predicted octanol–water partition coefficient (Wildman–Crippen LogP) is 2.05. The lowest BCUT2D eigenvalue weighted by molar-refractivity contribution is -0.122. The molecule has 1 amide bonds. The van der Waals surface area contributed by atoms with Gasteiger partial charge in [0.25, 0.3) is 0 Å². The fraction of sp³-hybridized carbons (Fsp3) is 0.471. The Balaban J connectivity index is 2.47. The Labute approximate surface area is 128 Å². The topological polar surface area (TPSA) is 58.4 Å². The van der Waals surface area contributed by atoms with Crippen molar-refractivity contribution in [1.82, 2.24) is 10.2 Å². The zero-order valence-electron chi connectivity index (χ0n) is 13.1. The van der Waals surface area contributed by atoms with Crippen LogP contribution in [0.4, 0.5) is 0 Å². The summed E-state index contributed by atoms with van der Waals surface area (Å²) in [6.07, 6.45) is 2.15. The molecule has 0 aromatic heterocycles. The average molecular weight is 289 g/mol. The van der Waals surface area contributed by atoms with Gasteiger partial charge in [-0.1, -0.05) is 44.2 Å². The molecule has 0 bridgehead atoms. The number of nitrogens with zero attached hydrogens (tertiary/aromatic N) is 1. The van der Waals surface area contributed by atoms with Crippen molar-refractivity contribution < 1.29 is 4.79 Å². The van der Waals surface area contributed by atoms with Crippen LogP contribution in [0.15, 0.2) is 36.9 Å². The highest BCUT2D eigenvalue weighted by molar-refractivity contribution is 5.81. The monoisotopic (exact) mass is 289 g/mol. The second-order valence-corrected chi connectivity index (χ2v) is 5.13. The van der Waals surface area contributed by atoms with Gasteiger partial charge >= 0.3 is 0 Å². The van der Waals surface area contributed by atoms with Crippen molar-refractivity contribution >= 4 is 5.91 Å². The van der Waals surface area contributed by atoms with Gasteiger partial charge in [0, 0.05) is 13.1 Å². The molecule has 4 nitrogen and oxygen atoms in total. The summed E-state index contributed by atoms with van der Waals surface area (Å²) in [7, 11) is 0. The van der Waals surface area contributed by atoms with Gasteiger partial charge in [0.05, 0.1) is 6.04 Å². The molecule has 1 rings (SSSR count). The SMILES string of the molecule is C=CCC(N)C(=O)NCc1ccc(CN(CC)CC)cc1. The smallest absolute Gasteiger partial charge is 0.237 e. The number of amides is 1. The van der Waals surface area contributed by atoms with Crippen LogP contribution in [0.5, 0.6) is 0 Å². The molecular weight excluding hydrogens is 262 g/mol.